The number of hydrogen-bond acceptors (Lipinski definition) is 5. The van der Waals surface area contributed by atoms with Crippen LogP contribution in [0, 0.1) is 4.84 Å². The second kappa shape index (κ2) is 6.39. The summed E-state index contributed by atoms with van der Waals surface area (Å²) in [5.41, 5.74) is 0.952. The van der Waals surface area contributed by atoms with Crippen molar-refractivity contribution >= 4 is 23.6 Å². The Labute approximate surface area is 144 Å². The molecule has 3 aromatic rings. The molecule has 0 saturated carbocycles. The van der Waals surface area contributed by atoms with E-state index in [4.69, 9.17) is 16.6 Å². The lowest BCUT2D eigenvalue weighted by atomic mass is 10.2. The predicted octanol–water partition coefficient (Wildman–Crippen LogP) is 4.73. The lowest BCUT2D eigenvalue weighted by Crippen LogP contribution is -2.26. The molecule has 4 nitrogen and oxygen atoms in total. The Morgan fingerprint density at radius 1 is 1.22 bits per heavy atom. The Morgan fingerprint density at radius 3 is 2.87 bits per heavy atom. The van der Waals surface area contributed by atoms with Gasteiger partial charge in [0.1, 0.15) is 0 Å². The van der Waals surface area contributed by atoms with E-state index in [0.29, 0.717) is 23.4 Å². The molecule has 0 amide bonds. The molecule has 1 aliphatic heterocycles. The molecule has 6 heteroatoms. The molecular weight excluding hydrogens is 326 g/mol. The van der Waals surface area contributed by atoms with Crippen LogP contribution in [0.25, 0.3) is 11.5 Å². The second-order valence-corrected chi connectivity index (χ2v) is 6.99. The number of benzene rings is 1. The van der Waals surface area contributed by atoms with Crippen LogP contribution in [-0.2, 0) is 6.67 Å². The van der Waals surface area contributed by atoms with Crippen LogP contribution in [0.1, 0.15) is 23.8 Å². The molecule has 118 valence electrons. The molecule has 2 aromatic heterocycles. The van der Waals surface area contributed by atoms with Gasteiger partial charge in [-0.25, -0.2) is 4.68 Å². The molecule has 0 aliphatic carbocycles. The maximum Gasteiger partial charge on any atom is 0.288 e. The maximum atomic E-state index is 5.68. The summed E-state index contributed by atoms with van der Waals surface area (Å²) in [6.45, 7) is 1.75. The largest absolute Gasteiger partial charge is 0.409 e. The SMILES string of the molecule is S=c1oc(-c2ccccc2)nn1CN1CCC[C@@H]1c1cccs1. The predicted molar refractivity (Wildman–Crippen MR) is 93.8 cm³/mol. The highest BCUT2D eigenvalue weighted by atomic mass is 32.1. The number of nitrogens with zero attached hydrogens (tertiary/aromatic N) is 3. The van der Waals surface area contributed by atoms with Gasteiger partial charge < -0.3 is 4.42 Å². The quantitative estimate of drug-likeness (QED) is 0.642. The summed E-state index contributed by atoms with van der Waals surface area (Å²) >= 11 is 7.18. The fourth-order valence-electron chi connectivity index (χ4n) is 3.06. The highest BCUT2D eigenvalue weighted by Crippen LogP contribution is 2.34. The zero-order valence-corrected chi connectivity index (χ0v) is 14.2. The fourth-order valence-corrected chi connectivity index (χ4v) is 4.14. The third-order valence-corrected chi connectivity index (χ3v) is 5.45. The van der Waals surface area contributed by atoms with E-state index in [0.717, 1.165) is 12.1 Å². The Hall–Kier alpha value is -1.76. The van der Waals surface area contributed by atoms with E-state index in [1.807, 2.05) is 41.7 Å². The minimum Gasteiger partial charge on any atom is -0.409 e. The van der Waals surface area contributed by atoms with Crippen LogP contribution in [0.15, 0.2) is 52.3 Å². The van der Waals surface area contributed by atoms with Gasteiger partial charge in [-0.3, -0.25) is 4.90 Å². The first-order chi connectivity index (χ1) is 11.3. The lowest BCUT2D eigenvalue weighted by molar-refractivity contribution is 0.190. The Kier molecular flexibility index (Phi) is 4.11. The molecule has 1 atom stereocenters. The molecule has 0 radical (unpaired) electrons. The number of thiophene rings is 1. The molecule has 1 fully saturated rings. The Bertz CT molecular complexity index is 823. The number of aromatic nitrogens is 2. The summed E-state index contributed by atoms with van der Waals surface area (Å²) in [7, 11) is 0. The molecule has 1 aromatic carbocycles. The monoisotopic (exact) mass is 343 g/mol. The molecular formula is C17H17N3OS2. The Morgan fingerprint density at radius 2 is 2.09 bits per heavy atom. The van der Waals surface area contributed by atoms with Gasteiger partial charge in [-0.2, -0.15) is 0 Å². The van der Waals surface area contributed by atoms with Gasteiger partial charge in [0.15, 0.2) is 0 Å². The molecule has 23 heavy (non-hydrogen) atoms. The minimum absolute atomic E-state index is 0.431. The van der Waals surface area contributed by atoms with E-state index in [-0.39, 0.29) is 0 Å². The number of hydrogen-bond donors (Lipinski definition) is 0. The van der Waals surface area contributed by atoms with Gasteiger partial charge in [-0.15, -0.1) is 16.4 Å². The summed E-state index contributed by atoms with van der Waals surface area (Å²) in [6, 6.07) is 14.7. The standard InChI is InChI=1S/C17H17N3OS2/c22-17-20(18-16(21-17)13-6-2-1-3-7-13)12-19-10-4-8-14(19)15-9-5-11-23-15/h1-3,5-7,9,11,14H,4,8,10,12H2/t14-/m1/s1. The summed E-state index contributed by atoms with van der Waals surface area (Å²) in [5, 5.41) is 6.71. The molecule has 0 unspecified atom stereocenters. The van der Waals surface area contributed by atoms with Gasteiger partial charge in [0, 0.05) is 23.0 Å². The maximum absolute atomic E-state index is 5.68. The van der Waals surface area contributed by atoms with Crippen LogP contribution in [0.2, 0.25) is 0 Å². The van der Waals surface area contributed by atoms with Gasteiger partial charge in [0.05, 0.1) is 6.67 Å². The van der Waals surface area contributed by atoms with E-state index in [1.54, 1.807) is 4.68 Å². The third-order valence-electron chi connectivity index (χ3n) is 4.18. The van der Waals surface area contributed by atoms with Crippen LogP contribution < -0.4 is 0 Å². The first kappa shape index (κ1) is 14.8. The number of rotatable bonds is 4. The Balaban J connectivity index is 1.57. The lowest BCUT2D eigenvalue weighted by Gasteiger charge is -2.22. The van der Waals surface area contributed by atoms with Crippen LogP contribution in [0.4, 0.5) is 0 Å². The first-order valence-corrected chi connectivity index (χ1v) is 9.01. The van der Waals surface area contributed by atoms with E-state index >= 15 is 0 Å². The average Bonchev–Trinajstić information content (AvgIpc) is 3.30. The van der Waals surface area contributed by atoms with Crippen molar-refractivity contribution in [2.45, 2.75) is 25.6 Å². The minimum atomic E-state index is 0.431. The summed E-state index contributed by atoms with van der Waals surface area (Å²) in [6.07, 6.45) is 2.40. The van der Waals surface area contributed by atoms with E-state index in [1.165, 1.54) is 17.7 Å². The van der Waals surface area contributed by atoms with Crippen molar-refractivity contribution in [1.82, 2.24) is 14.7 Å². The topological polar surface area (TPSA) is 34.2 Å². The van der Waals surface area contributed by atoms with Crippen molar-refractivity contribution in [3.8, 4) is 11.5 Å². The van der Waals surface area contributed by atoms with Crippen molar-refractivity contribution in [2.75, 3.05) is 6.54 Å². The average molecular weight is 343 g/mol. The summed E-state index contributed by atoms with van der Waals surface area (Å²) in [4.78, 5) is 4.28. The highest BCUT2D eigenvalue weighted by Gasteiger charge is 2.27. The van der Waals surface area contributed by atoms with Crippen LogP contribution in [0.5, 0.6) is 0 Å². The molecule has 0 N–H and O–H groups in total. The van der Waals surface area contributed by atoms with Crippen molar-refractivity contribution in [1.29, 1.82) is 0 Å². The first-order valence-electron chi connectivity index (χ1n) is 7.72. The zero-order chi connectivity index (χ0) is 15.6. The molecule has 4 rings (SSSR count). The van der Waals surface area contributed by atoms with Gasteiger partial charge >= 0.3 is 0 Å². The van der Waals surface area contributed by atoms with Crippen molar-refractivity contribution < 1.29 is 4.42 Å². The van der Waals surface area contributed by atoms with E-state index in [2.05, 4.69) is 27.5 Å². The van der Waals surface area contributed by atoms with Crippen LogP contribution >= 0.6 is 23.6 Å². The molecule has 1 saturated heterocycles. The normalized spacial score (nSPS) is 18.5. The van der Waals surface area contributed by atoms with Crippen LogP contribution in [-0.4, -0.2) is 21.2 Å². The molecule has 0 bridgehead atoms. The van der Waals surface area contributed by atoms with Crippen molar-refractivity contribution in [2.24, 2.45) is 0 Å². The second-order valence-electron chi connectivity index (χ2n) is 5.67. The van der Waals surface area contributed by atoms with Gasteiger partial charge in [0.25, 0.3) is 4.84 Å². The molecule has 0 spiro atoms. The van der Waals surface area contributed by atoms with Gasteiger partial charge in [-0.1, -0.05) is 24.3 Å². The van der Waals surface area contributed by atoms with E-state index in [9.17, 15) is 0 Å². The molecule has 3 heterocycles. The smallest absolute Gasteiger partial charge is 0.288 e. The van der Waals surface area contributed by atoms with Gasteiger partial charge in [0.2, 0.25) is 5.89 Å². The summed E-state index contributed by atoms with van der Waals surface area (Å²) < 4.78 is 7.47. The fraction of sp³-hybridized carbons (Fsp3) is 0.294. The summed E-state index contributed by atoms with van der Waals surface area (Å²) in [5.74, 6) is 0.586. The zero-order valence-electron chi connectivity index (χ0n) is 12.6. The van der Waals surface area contributed by atoms with E-state index < -0.39 is 0 Å². The number of likely N-dealkylation sites (tertiary alicyclic amines) is 1. The van der Waals surface area contributed by atoms with Gasteiger partial charge in [-0.05, 0) is 48.6 Å². The van der Waals surface area contributed by atoms with Crippen LogP contribution in [0.3, 0.4) is 0 Å². The molecule has 1 aliphatic rings. The van der Waals surface area contributed by atoms with Crippen molar-refractivity contribution in [3.63, 3.8) is 0 Å². The van der Waals surface area contributed by atoms with Crippen molar-refractivity contribution in [3.05, 3.63) is 57.6 Å². The third kappa shape index (κ3) is 3.02. The highest BCUT2D eigenvalue weighted by molar-refractivity contribution is 7.71.